The third-order valence-electron chi connectivity index (χ3n) is 4.17. The predicted molar refractivity (Wildman–Crippen MR) is 100 cm³/mol. The van der Waals surface area contributed by atoms with Gasteiger partial charge in [-0.2, -0.15) is 0 Å². The Balaban J connectivity index is 1.60. The molecular formula is C16H18ClN3O3S2. The zero-order valence-electron chi connectivity index (χ0n) is 13.6. The van der Waals surface area contributed by atoms with Gasteiger partial charge in [-0.3, -0.25) is 4.79 Å². The maximum atomic E-state index is 12.4. The first-order valence-corrected chi connectivity index (χ1v) is 10.9. The Morgan fingerprint density at radius 3 is 2.52 bits per heavy atom. The standard InChI is InChI=1S/C16H18ClN3O3S2/c1-25(22,23)20-8-6-12(7-9-20)15(21)19-16-18-14(10-24-16)11-2-4-13(17)5-3-11/h2-5,10,12H,6-9H2,1H3,(H,18,19,21). The smallest absolute Gasteiger partial charge is 0.229 e. The van der Waals surface area contributed by atoms with Crippen LogP contribution in [-0.4, -0.2) is 43.0 Å². The van der Waals surface area contributed by atoms with Crippen molar-refractivity contribution >= 4 is 44.0 Å². The molecule has 6 nitrogen and oxygen atoms in total. The van der Waals surface area contributed by atoms with Gasteiger partial charge in [-0.1, -0.05) is 23.7 Å². The van der Waals surface area contributed by atoms with Crippen LogP contribution in [0.4, 0.5) is 5.13 Å². The molecule has 1 aliphatic rings. The number of rotatable bonds is 4. The number of carbonyl (C=O) groups is 1. The van der Waals surface area contributed by atoms with Crippen molar-refractivity contribution in [1.82, 2.24) is 9.29 Å². The zero-order valence-corrected chi connectivity index (χ0v) is 16.0. The number of halogens is 1. The van der Waals surface area contributed by atoms with Crippen molar-refractivity contribution in [2.24, 2.45) is 5.92 Å². The number of aromatic nitrogens is 1. The number of hydrogen-bond acceptors (Lipinski definition) is 5. The van der Waals surface area contributed by atoms with Crippen molar-refractivity contribution in [3.8, 4) is 11.3 Å². The van der Waals surface area contributed by atoms with Crippen LogP contribution in [0.25, 0.3) is 11.3 Å². The number of piperidine rings is 1. The van der Waals surface area contributed by atoms with Crippen LogP contribution in [0, 0.1) is 5.92 Å². The molecule has 0 saturated carbocycles. The number of hydrogen-bond donors (Lipinski definition) is 1. The number of sulfonamides is 1. The molecule has 25 heavy (non-hydrogen) atoms. The van der Waals surface area contributed by atoms with Gasteiger partial charge in [-0.15, -0.1) is 11.3 Å². The van der Waals surface area contributed by atoms with E-state index in [9.17, 15) is 13.2 Å². The second kappa shape index (κ2) is 7.41. The predicted octanol–water partition coefficient (Wildman–Crippen LogP) is 3.07. The van der Waals surface area contributed by atoms with Crippen molar-refractivity contribution in [1.29, 1.82) is 0 Å². The molecule has 0 bridgehead atoms. The van der Waals surface area contributed by atoms with Gasteiger partial charge >= 0.3 is 0 Å². The first-order valence-electron chi connectivity index (χ1n) is 7.80. The highest BCUT2D eigenvalue weighted by Crippen LogP contribution is 2.27. The molecule has 1 fully saturated rings. The van der Waals surface area contributed by atoms with Crippen LogP contribution < -0.4 is 5.32 Å². The van der Waals surface area contributed by atoms with E-state index < -0.39 is 10.0 Å². The van der Waals surface area contributed by atoms with Crippen LogP contribution in [0.3, 0.4) is 0 Å². The summed E-state index contributed by atoms with van der Waals surface area (Å²) in [5.41, 5.74) is 1.71. The third kappa shape index (κ3) is 4.58. The quantitative estimate of drug-likeness (QED) is 0.856. The van der Waals surface area contributed by atoms with E-state index in [0.29, 0.717) is 36.1 Å². The first-order chi connectivity index (χ1) is 11.8. The maximum absolute atomic E-state index is 12.4. The highest BCUT2D eigenvalue weighted by Gasteiger charge is 2.29. The Morgan fingerprint density at radius 1 is 1.28 bits per heavy atom. The summed E-state index contributed by atoms with van der Waals surface area (Å²) in [5.74, 6) is -0.300. The highest BCUT2D eigenvalue weighted by molar-refractivity contribution is 7.88. The minimum absolute atomic E-state index is 0.106. The lowest BCUT2D eigenvalue weighted by molar-refractivity contribution is -0.120. The summed E-state index contributed by atoms with van der Waals surface area (Å²) in [6.07, 6.45) is 2.24. The molecule has 1 aliphatic heterocycles. The fraction of sp³-hybridized carbons (Fsp3) is 0.375. The minimum atomic E-state index is -3.18. The van der Waals surface area contributed by atoms with Crippen LogP contribution in [0.1, 0.15) is 12.8 Å². The van der Waals surface area contributed by atoms with E-state index in [1.165, 1.54) is 21.9 Å². The second-order valence-corrected chi connectivity index (χ2v) is 9.25. The van der Waals surface area contributed by atoms with Crippen LogP contribution in [0.5, 0.6) is 0 Å². The van der Waals surface area contributed by atoms with Gasteiger partial charge in [0.2, 0.25) is 15.9 Å². The topological polar surface area (TPSA) is 79.4 Å². The number of anilines is 1. The van der Waals surface area contributed by atoms with Crippen LogP contribution >= 0.6 is 22.9 Å². The Morgan fingerprint density at radius 2 is 1.92 bits per heavy atom. The van der Waals surface area contributed by atoms with Gasteiger partial charge in [0.15, 0.2) is 5.13 Å². The SMILES string of the molecule is CS(=O)(=O)N1CCC(C(=O)Nc2nc(-c3ccc(Cl)cc3)cs2)CC1. The van der Waals surface area contributed by atoms with Gasteiger partial charge in [-0.25, -0.2) is 17.7 Å². The van der Waals surface area contributed by atoms with Gasteiger partial charge in [0, 0.05) is 35.0 Å². The molecule has 1 saturated heterocycles. The number of benzene rings is 1. The number of nitrogens with one attached hydrogen (secondary N) is 1. The highest BCUT2D eigenvalue weighted by atomic mass is 35.5. The van der Waals surface area contributed by atoms with Gasteiger partial charge in [0.1, 0.15) is 0 Å². The Hall–Kier alpha value is -1.48. The molecule has 3 rings (SSSR count). The van der Waals surface area contributed by atoms with Crippen molar-refractivity contribution in [3.63, 3.8) is 0 Å². The molecule has 1 aromatic carbocycles. The van der Waals surface area contributed by atoms with Gasteiger partial charge in [0.25, 0.3) is 0 Å². The molecule has 0 spiro atoms. The van der Waals surface area contributed by atoms with Crippen LogP contribution in [-0.2, 0) is 14.8 Å². The second-order valence-electron chi connectivity index (χ2n) is 5.97. The van der Waals surface area contributed by atoms with E-state index in [1.54, 1.807) is 12.1 Å². The van der Waals surface area contributed by atoms with Crippen LogP contribution in [0.15, 0.2) is 29.6 Å². The normalized spacial score (nSPS) is 16.7. The summed E-state index contributed by atoms with van der Waals surface area (Å²) >= 11 is 7.25. The summed E-state index contributed by atoms with van der Waals surface area (Å²) in [7, 11) is -3.18. The van der Waals surface area contributed by atoms with Gasteiger partial charge in [0.05, 0.1) is 11.9 Å². The molecule has 0 radical (unpaired) electrons. The van der Waals surface area contributed by atoms with Crippen molar-refractivity contribution in [2.45, 2.75) is 12.8 Å². The number of thiazole rings is 1. The summed E-state index contributed by atoms with van der Waals surface area (Å²) in [6, 6.07) is 7.35. The van der Waals surface area contributed by atoms with E-state index in [2.05, 4.69) is 10.3 Å². The monoisotopic (exact) mass is 399 g/mol. The molecule has 9 heteroatoms. The molecule has 0 unspecified atom stereocenters. The number of nitrogens with zero attached hydrogens (tertiary/aromatic N) is 2. The fourth-order valence-corrected chi connectivity index (χ4v) is 4.46. The fourth-order valence-electron chi connectivity index (χ4n) is 2.74. The molecule has 1 N–H and O–H groups in total. The lowest BCUT2D eigenvalue weighted by Crippen LogP contribution is -2.40. The molecule has 2 aromatic rings. The third-order valence-corrected chi connectivity index (χ3v) is 6.48. The average molecular weight is 400 g/mol. The van der Waals surface area contributed by atoms with E-state index in [-0.39, 0.29) is 11.8 Å². The maximum Gasteiger partial charge on any atom is 0.229 e. The van der Waals surface area contributed by atoms with Crippen molar-refractivity contribution in [3.05, 3.63) is 34.7 Å². The van der Waals surface area contributed by atoms with Gasteiger partial charge < -0.3 is 5.32 Å². The summed E-state index contributed by atoms with van der Waals surface area (Å²) in [6.45, 7) is 0.760. The number of carbonyl (C=O) groups excluding carboxylic acids is 1. The van der Waals surface area contributed by atoms with E-state index in [1.807, 2.05) is 17.5 Å². The van der Waals surface area contributed by atoms with Gasteiger partial charge in [-0.05, 0) is 25.0 Å². The molecule has 134 valence electrons. The molecular weight excluding hydrogens is 382 g/mol. The number of amides is 1. The lowest BCUT2D eigenvalue weighted by Gasteiger charge is -2.29. The minimum Gasteiger partial charge on any atom is -0.302 e. The Labute approximate surface area is 155 Å². The Bertz CT molecular complexity index is 857. The first kappa shape index (κ1) is 18.3. The summed E-state index contributed by atoms with van der Waals surface area (Å²) < 4.78 is 24.5. The summed E-state index contributed by atoms with van der Waals surface area (Å²) in [4.78, 5) is 16.8. The molecule has 1 amide bonds. The molecule has 0 atom stereocenters. The zero-order chi connectivity index (χ0) is 18.0. The lowest BCUT2D eigenvalue weighted by atomic mass is 9.97. The largest absolute Gasteiger partial charge is 0.302 e. The average Bonchev–Trinajstić information content (AvgIpc) is 3.03. The molecule has 2 heterocycles. The molecule has 0 aliphatic carbocycles. The molecule has 1 aromatic heterocycles. The van der Waals surface area contributed by atoms with Crippen LogP contribution in [0.2, 0.25) is 5.02 Å². The van der Waals surface area contributed by atoms with Crippen molar-refractivity contribution in [2.75, 3.05) is 24.7 Å². The van der Waals surface area contributed by atoms with E-state index in [4.69, 9.17) is 11.6 Å². The van der Waals surface area contributed by atoms with Crippen molar-refractivity contribution < 1.29 is 13.2 Å². The Kier molecular flexibility index (Phi) is 5.43. The summed E-state index contributed by atoms with van der Waals surface area (Å²) in [5, 5.41) is 5.92. The van der Waals surface area contributed by atoms with E-state index >= 15 is 0 Å². The van der Waals surface area contributed by atoms with E-state index in [0.717, 1.165) is 11.3 Å².